The first-order valence-corrected chi connectivity index (χ1v) is 7.16. The van der Waals surface area contributed by atoms with E-state index >= 15 is 0 Å². The second-order valence-corrected chi connectivity index (χ2v) is 5.59. The van der Waals surface area contributed by atoms with Crippen LogP contribution in [0, 0.1) is 12.7 Å². The van der Waals surface area contributed by atoms with E-state index in [-0.39, 0.29) is 5.82 Å². The Morgan fingerprint density at radius 2 is 2.00 bits per heavy atom. The minimum Gasteiger partial charge on any atom is -0.480 e. The lowest BCUT2D eigenvalue weighted by molar-refractivity contribution is -0.142. The Morgan fingerprint density at radius 3 is 2.55 bits per heavy atom. The van der Waals surface area contributed by atoms with Crippen molar-refractivity contribution in [2.75, 3.05) is 5.32 Å². The maximum Gasteiger partial charge on any atom is 0.329 e. The number of anilines is 1. The van der Waals surface area contributed by atoms with Crippen LogP contribution in [0.3, 0.4) is 0 Å². The highest BCUT2D eigenvalue weighted by atomic mass is 19.1. The zero-order valence-corrected chi connectivity index (χ0v) is 12.5. The molecule has 112 valence electrons. The molecule has 0 aromatic heterocycles. The first-order chi connectivity index (χ1) is 9.37. The van der Waals surface area contributed by atoms with Crippen LogP contribution in [0.2, 0.25) is 0 Å². The van der Waals surface area contributed by atoms with Gasteiger partial charge in [-0.2, -0.15) is 0 Å². The number of carboxylic acid groups (broad SMARTS) is 1. The summed E-state index contributed by atoms with van der Waals surface area (Å²) in [5.41, 5.74) is 0.225. The summed E-state index contributed by atoms with van der Waals surface area (Å²) in [6.07, 6.45) is 4.61. The van der Waals surface area contributed by atoms with Crippen molar-refractivity contribution < 1.29 is 14.3 Å². The van der Waals surface area contributed by atoms with E-state index in [4.69, 9.17) is 0 Å². The van der Waals surface area contributed by atoms with E-state index in [1.807, 2.05) is 0 Å². The molecule has 0 aliphatic heterocycles. The smallest absolute Gasteiger partial charge is 0.329 e. The number of nitrogens with one attached hydrogen (secondary N) is 1. The molecular weight excluding hydrogens is 257 g/mol. The first-order valence-electron chi connectivity index (χ1n) is 7.16. The number of rotatable bonds is 8. The van der Waals surface area contributed by atoms with Crippen molar-refractivity contribution in [3.8, 4) is 0 Å². The number of aryl methyl sites for hydroxylation is 1. The van der Waals surface area contributed by atoms with Gasteiger partial charge < -0.3 is 10.4 Å². The van der Waals surface area contributed by atoms with Crippen LogP contribution < -0.4 is 5.32 Å². The van der Waals surface area contributed by atoms with E-state index in [1.54, 1.807) is 19.9 Å². The standard InChI is InChI=1S/C16H24FNO2/c1-4-5-6-7-8-16(3,15(19)20)18-14-10-12(2)9-13(17)11-14/h9-11,18H,4-8H2,1-3H3,(H,19,20). The average molecular weight is 281 g/mol. The lowest BCUT2D eigenvalue weighted by Crippen LogP contribution is -2.43. The van der Waals surface area contributed by atoms with Crippen molar-refractivity contribution in [2.24, 2.45) is 0 Å². The molecule has 1 atom stereocenters. The molecule has 1 unspecified atom stereocenters. The zero-order valence-electron chi connectivity index (χ0n) is 12.5. The molecule has 0 fully saturated rings. The summed E-state index contributed by atoms with van der Waals surface area (Å²) in [6.45, 7) is 5.55. The molecule has 0 aliphatic carbocycles. The molecule has 0 amide bonds. The summed E-state index contributed by atoms with van der Waals surface area (Å²) in [7, 11) is 0. The average Bonchev–Trinajstić information content (AvgIpc) is 2.33. The van der Waals surface area contributed by atoms with Crippen LogP contribution in [0.4, 0.5) is 10.1 Å². The fourth-order valence-electron chi connectivity index (χ4n) is 2.26. The number of aliphatic carboxylic acids is 1. The maximum atomic E-state index is 13.4. The van der Waals surface area contributed by atoms with Crippen LogP contribution in [0.5, 0.6) is 0 Å². The number of unbranched alkanes of at least 4 members (excludes halogenated alkanes) is 3. The van der Waals surface area contributed by atoms with Crippen LogP contribution in [0.15, 0.2) is 18.2 Å². The number of carbonyl (C=O) groups is 1. The second-order valence-electron chi connectivity index (χ2n) is 5.59. The predicted octanol–water partition coefficient (Wildman–Crippen LogP) is 4.36. The molecule has 0 spiro atoms. The third-order valence-corrected chi connectivity index (χ3v) is 3.46. The number of carboxylic acids is 1. The summed E-state index contributed by atoms with van der Waals surface area (Å²) in [5, 5.41) is 12.4. The second kappa shape index (κ2) is 7.27. The Kier molecular flexibility index (Phi) is 5.99. The SMILES string of the molecule is CCCCCCC(C)(Nc1cc(C)cc(F)c1)C(=O)O. The number of halogens is 1. The molecule has 2 N–H and O–H groups in total. The molecular formula is C16H24FNO2. The molecule has 1 aromatic carbocycles. The molecule has 3 nitrogen and oxygen atoms in total. The lowest BCUT2D eigenvalue weighted by atomic mass is 9.93. The minimum atomic E-state index is -1.06. The van der Waals surface area contributed by atoms with Gasteiger partial charge in [0, 0.05) is 5.69 Å². The highest BCUT2D eigenvalue weighted by molar-refractivity contribution is 5.82. The van der Waals surface area contributed by atoms with Gasteiger partial charge in [0.2, 0.25) is 0 Å². The summed E-state index contributed by atoms with van der Waals surface area (Å²) in [5.74, 6) is -1.26. The van der Waals surface area contributed by atoms with Crippen molar-refractivity contribution in [3.05, 3.63) is 29.6 Å². The van der Waals surface area contributed by atoms with Gasteiger partial charge in [-0.3, -0.25) is 0 Å². The van der Waals surface area contributed by atoms with E-state index in [2.05, 4.69) is 12.2 Å². The van der Waals surface area contributed by atoms with Gasteiger partial charge in [-0.25, -0.2) is 9.18 Å². The predicted molar refractivity (Wildman–Crippen MR) is 79.6 cm³/mol. The van der Waals surface area contributed by atoms with Crippen molar-refractivity contribution in [3.63, 3.8) is 0 Å². The van der Waals surface area contributed by atoms with Gasteiger partial charge in [0.25, 0.3) is 0 Å². The third kappa shape index (κ3) is 4.83. The summed E-state index contributed by atoms with van der Waals surface area (Å²) < 4.78 is 13.4. The maximum absolute atomic E-state index is 13.4. The first kappa shape index (κ1) is 16.5. The van der Waals surface area contributed by atoms with Crippen LogP contribution in [0.1, 0.15) is 51.5 Å². The van der Waals surface area contributed by atoms with Gasteiger partial charge >= 0.3 is 5.97 Å². The molecule has 0 radical (unpaired) electrons. The molecule has 1 rings (SSSR count). The Bertz CT molecular complexity index is 442. The number of benzene rings is 1. The molecule has 1 aromatic rings. The minimum absolute atomic E-state index is 0.355. The van der Waals surface area contributed by atoms with Gasteiger partial charge in [-0.05, 0) is 44.0 Å². The lowest BCUT2D eigenvalue weighted by Gasteiger charge is -2.27. The largest absolute Gasteiger partial charge is 0.480 e. The number of hydrogen-bond donors (Lipinski definition) is 2. The molecule has 20 heavy (non-hydrogen) atoms. The van der Waals surface area contributed by atoms with Gasteiger partial charge in [-0.1, -0.05) is 32.6 Å². The fourth-order valence-corrected chi connectivity index (χ4v) is 2.26. The Morgan fingerprint density at radius 1 is 1.30 bits per heavy atom. The normalized spacial score (nSPS) is 13.8. The highest BCUT2D eigenvalue weighted by Gasteiger charge is 2.32. The van der Waals surface area contributed by atoms with E-state index in [1.165, 1.54) is 12.1 Å². The van der Waals surface area contributed by atoms with Crippen LogP contribution in [-0.2, 0) is 4.79 Å². The third-order valence-electron chi connectivity index (χ3n) is 3.46. The van der Waals surface area contributed by atoms with E-state index in [0.29, 0.717) is 12.1 Å². The van der Waals surface area contributed by atoms with Gasteiger partial charge in [0.15, 0.2) is 0 Å². The van der Waals surface area contributed by atoms with E-state index in [9.17, 15) is 14.3 Å². The van der Waals surface area contributed by atoms with Crippen molar-refractivity contribution in [2.45, 2.75) is 58.4 Å². The highest BCUT2D eigenvalue weighted by Crippen LogP contribution is 2.23. The molecule has 4 heteroatoms. The van der Waals surface area contributed by atoms with Gasteiger partial charge in [-0.15, -0.1) is 0 Å². The topological polar surface area (TPSA) is 49.3 Å². The Balaban J connectivity index is 2.77. The zero-order chi connectivity index (χ0) is 15.2. The van der Waals surface area contributed by atoms with Crippen molar-refractivity contribution in [1.82, 2.24) is 0 Å². The Labute approximate surface area is 120 Å². The fraction of sp³-hybridized carbons (Fsp3) is 0.562. The monoisotopic (exact) mass is 281 g/mol. The molecule has 0 heterocycles. The summed E-state index contributed by atoms with van der Waals surface area (Å²) in [4.78, 5) is 11.5. The van der Waals surface area contributed by atoms with E-state index < -0.39 is 11.5 Å². The number of hydrogen-bond acceptors (Lipinski definition) is 2. The van der Waals surface area contributed by atoms with Crippen molar-refractivity contribution in [1.29, 1.82) is 0 Å². The molecule has 0 saturated heterocycles. The van der Waals surface area contributed by atoms with Crippen molar-refractivity contribution >= 4 is 11.7 Å². The summed E-state index contributed by atoms with van der Waals surface area (Å²) >= 11 is 0. The van der Waals surface area contributed by atoms with Gasteiger partial charge in [0.05, 0.1) is 0 Å². The van der Waals surface area contributed by atoms with Crippen LogP contribution in [0.25, 0.3) is 0 Å². The molecule has 0 aliphatic rings. The molecule has 0 saturated carbocycles. The molecule has 0 bridgehead atoms. The van der Waals surface area contributed by atoms with Gasteiger partial charge in [0.1, 0.15) is 11.4 Å². The Hall–Kier alpha value is -1.58. The van der Waals surface area contributed by atoms with E-state index in [0.717, 1.165) is 31.2 Å². The summed E-state index contributed by atoms with van der Waals surface area (Å²) in [6, 6.07) is 4.51. The van der Waals surface area contributed by atoms with Crippen LogP contribution in [-0.4, -0.2) is 16.6 Å². The quantitative estimate of drug-likeness (QED) is 0.696. The van der Waals surface area contributed by atoms with Crippen LogP contribution >= 0.6 is 0 Å².